The molecule has 0 aromatic heterocycles. The van der Waals surface area contributed by atoms with Gasteiger partial charge in [-0.1, -0.05) is 17.7 Å². The number of hydrogen-bond donors (Lipinski definition) is 0. The summed E-state index contributed by atoms with van der Waals surface area (Å²) in [5.41, 5.74) is 0.474. The number of nitrogens with zero attached hydrogens (tertiary/aromatic N) is 1. The largest absolute Gasteiger partial charge is 0.285 e. The van der Waals surface area contributed by atoms with Crippen LogP contribution in [0.5, 0.6) is 0 Å². The Balaban J connectivity index is 2.96. The van der Waals surface area contributed by atoms with Crippen LogP contribution < -0.4 is 0 Å². The molecular weight excluding hydrogens is 186 g/mol. The second-order valence-electron chi connectivity index (χ2n) is 2.35. The highest BCUT2D eigenvalue weighted by Gasteiger charge is 2.01. The fraction of sp³-hybridized carbons (Fsp3) is 0.100. The number of benzene rings is 1. The summed E-state index contributed by atoms with van der Waals surface area (Å²) in [6.45, 7) is 1.74. The van der Waals surface area contributed by atoms with Crippen LogP contribution >= 0.6 is 11.6 Å². The van der Waals surface area contributed by atoms with Crippen LogP contribution in [0.25, 0.3) is 0 Å². The maximum Gasteiger partial charge on any atom is 0.285 e. The van der Waals surface area contributed by atoms with Crippen molar-refractivity contribution in [1.29, 1.82) is 0 Å². The molecule has 0 saturated carbocycles. The number of aliphatic imine (C=N–C) groups is 1. The summed E-state index contributed by atoms with van der Waals surface area (Å²) in [5.74, 6) is 2.14. The average Bonchev–Trinajstić information content (AvgIpc) is 2.14. The van der Waals surface area contributed by atoms with Gasteiger partial charge in [-0.05, 0) is 37.1 Å². The second kappa shape index (κ2) is 4.61. The Kier molecular flexibility index (Phi) is 3.44. The van der Waals surface area contributed by atoms with Crippen LogP contribution in [0.15, 0.2) is 35.3 Å². The van der Waals surface area contributed by atoms with Gasteiger partial charge in [0.25, 0.3) is 5.91 Å². The molecule has 66 valence electrons. The molecule has 0 heterocycles. The van der Waals surface area contributed by atoms with Crippen LogP contribution in [-0.2, 0) is 0 Å². The van der Waals surface area contributed by atoms with E-state index in [2.05, 4.69) is 10.9 Å². The Bertz CT molecular complexity index is 378. The highest BCUT2D eigenvalue weighted by atomic mass is 35.5. The molecule has 1 aromatic carbocycles. The molecule has 0 bridgehead atoms. The molecule has 2 nitrogen and oxygen atoms in total. The molecule has 0 N–H and O–H groups in total. The first-order chi connectivity index (χ1) is 6.24. The van der Waals surface area contributed by atoms with Crippen molar-refractivity contribution in [3.8, 4) is 0 Å². The van der Waals surface area contributed by atoms with Crippen molar-refractivity contribution in [2.75, 3.05) is 0 Å². The number of amides is 1. The van der Waals surface area contributed by atoms with E-state index in [9.17, 15) is 4.79 Å². The van der Waals surface area contributed by atoms with E-state index in [-0.39, 0.29) is 5.91 Å². The molecule has 0 aliphatic heterocycles. The summed E-state index contributed by atoms with van der Waals surface area (Å²) in [7, 11) is 0. The monoisotopic (exact) mass is 193 g/mol. The minimum atomic E-state index is -0.333. The lowest BCUT2D eigenvalue weighted by molar-refractivity contribution is 0.100. The standard InChI is InChI=1S/C10H8ClNO/c1-2-6-12-10(13)8-4-3-5-9(11)7-8/h2-5,7H,1H3. The van der Waals surface area contributed by atoms with Crippen LogP contribution in [0.3, 0.4) is 0 Å². The Hall–Kier alpha value is -1.37. The Morgan fingerprint density at radius 3 is 3.00 bits per heavy atom. The zero-order valence-electron chi connectivity index (χ0n) is 7.12. The van der Waals surface area contributed by atoms with Gasteiger partial charge in [0, 0.05) is 10.6 Å². The van der Waals surface area contributed by atoms with E-state index in [1.165, 1.54) is 0 Å². The van der Waals surface area contributed by atoms with E-state index in [0.717, 1.165) is 0 Å². The minimum Gasteiger partial charge on any atom is -0.266 e. The normalized spacial score (nSPS) is 8.77. The van der Waals surface area contributed by atoms with Crippen molar-refractivity contribution >= 4 is 23.4 Å². The van der Waals surface area contributed by atoms with Gasteiger partial charge in [-0.25, -0.2) is 0 Å². The molecular formula is C10H8ClNO. The number of halogens is 1. The number of allylic oxidation sites excluding steroid dienone is 1. The Morgan fingerprint density at radius 1 is 1.62 bits per heavy atom. The summed E-state index contributed by atoms with van der Waals surface area (Å²) in [5, 5.41) is 0.529. The highest BCUT2D eigenvalue weighted by molar-refractivity contribution is 6.31. The average molecular weight is 194 g/mol. The van der Waals surface area contributed by atoms with Crippen molar-refractivity contribution in [2.45, 2.75) is 6.92 Å². The molecule has 0 atom stereocenters. The first-order valence-electron chi connectivity index (χ1n) is 3.78. The van der Waals surface area contributed by atoms with Gasteiger partial charge in [-0.3, -0.25) is 4.79 Å². The molecule has 13 heavy (non-hydrogen) atoms. The summed E-state index contributed by atoms with van der Waals surface area (Å²) >= 11 is 5.70. The topological polar surface area (TPSA) is 29.4 Å². The fourth-order valence-corrected chi connectivity index (χ4v) is 1.000. The smallest absolute Gasteiger partial charge is 0.266 e. The highest BCUT2D eigenvalue weighted by Crippen LogP contribution is 2.11. The summed E-state index contributed by atoms with van der Waals surface area (Å²) < 4.78 is 0. The van der Waals surface area contributed by atoms with E-state index in [0.29, 0.717) is 10.6 Å². The number of carbonyl (C=O) groups excluding carboxylic acids is 1. The molecule has 1 amide bonds. The first-order valence-corrected chi connectivity index (χ1v) is 4.16. The summed E-state index contributed by atoms with van der Waals surface area (Å²) in [6, 6.07) is 6.65. The SMILES string of the molecule is CC=C=NC(=O)c1cccc(Cl)c1. The van der Waals surface area contributed by atoms with Gasteiger partial charge in [0.05, 0.1) is 0 Å². The molecule has 0 radical (unpaired) electrons. The zero-order chi connectivity index (χ0) is 9.68. The molecule has 1 aromatic rings. The molecule has 3 heteroatoms. The third kappa shape index (κ3) is 2.86. The van der Waals surface area contributed by atoms with E-state index < -0.39 is 0 Å². The quantitative estimate of drug-likeness (QED) is 0.631. The lowest BCUT2D eigenvalue weighted by Crippen LogP contribution is -1.92. The zero-order valence-corrected chi connectivity index (χ0v) is 7.88. The number of carbonyl (C=O) groups is 1. The molecule has 0 spiro atoms. The van der Waals surface area contributed by atoms with Crippen LogP contribution in [0, 0.1) is 0 Å². The van der Waals surface area contributed by atoms with Crippen LogP contribution in [0.4, 0.5) is 0 Å². The molecule has 0 saturated heterocycles. The summed E-state index contributed by atoms with van der Waals surface area (Å²) in [4.78, 5) is 14.8. The van der Waals surface area contributed by atoms with Gasteiger partial charge >= 0.3 is 0 Å². The number of hydrogen-bond acceptors (Lipinski definition) is 1. The predicted molar refractivity (Wildman–Crippen MR) is 53.5 cm³/mol. The Labute approximate surface area is 81.6 Å². The van der Waals surface area contributed by atoms with E-state index >= 15 is 0 Å². The maximum absolute atomic E-state index is 11.2. The molecule has 0 fully saturated rings. The first kappa shape index (κ1) is 9.72. The molecule has 0 unspecified atom stereocenters. The maximum atomic E-state index is 11.2. The van der Waals surface area contributed by atoms with Gasteiger partial charge in [0.15, 0.2) is 0 Å². The minimum absolute atomic E-state index is 0.333. The lowest BCUT2D eigenvalue weighted by atomic mass is 10.2. The van der Waals surface area contributed by atoms with Crippen molar-refractivity contribution in [3.05, 3.63) is 40.9 Å². The summed E-state index contributed by atoms with van der Waals surface area (Å²) in [6.07, 6.45) is 1.57. The van der Waals surface area contributed by atoms with E-state index in [1.54, 1.807) is 37.3 Å². The van der Waals surface area contributed by atoms with Gasteiger partial charge in [-0.2, -0.15) is 4.99 Å². The second-order valence-corrected chi connectivity index (χ2v) is 2.78. The van der Waals surface area contributed by atoms with Crippen LogP contribution in [-0.4, -0.2) is 11.8 Å². The van der Waals surface area contributed by atoms with Crippen molar-refractivity contribution in [3.63, 3.8) is 0 Å². The van der Waals surface area contributed by atoms with Crippen LogP contribution in [0.2, 0.25) is 5.02 Å². The molecule has 1 rings (SSSR count). The van der Waals surface area contributed by atoms with Crippen molar-refractivity contribution < 1.29 is 4.79 Å². The van der Waals surface area contributed by atoms with Gasteiger partial charge < -0.3 is 0 Å². The third-order valence-corrected chi connectivity index (χ3v) is 1.60. The fourth-order valence-electron chi connectivity index (χ4n) is 0.809. The molecule has 0 aliphatic rings. The van der Waals surface area contributed by atoms with E-state index in [4.69, 9.17) is 11.6 Å². The van der Waals surface area contributed by atoms with Crippen molar-refractivity contribution in [1.82, 2.24) is 0 Å². The van der Waals surface area contributed by atoms with Gasteiger partial charge in [0.2, 0.25) is 0 Å². The van der Waals surface area contributed by atoms with Crippen molar-refractivity contribution in [2.24, 2.45) is 4.99 Å². The molecule has 0 aliphatic carbocycles. The van der Waals surface area contributed by atoms with E-state index in [1.807, 2.05) is 0 Å². The third-order valence-electron chi connectivity index (χ3n) is 1.37. The van der Waals surface area contributed by atoms with Gasteiger partial charge in [0.1, 0.15) is 0 Å². The Morgan fingerprint density at radius 2 is 2.38 bits per heavy atom. The predicted octanol–water partition coefficient (Wildman–Crippen LogP) is 2.73. The number of rotatable bonds is 1. The van der Waals surface area contributed by atoms with Gasteiger partial charge in [-0.15, -0.1) is 0 Å². The van der Waals surface area contributed by atoms with Crippen LogP contribution in [0.1, 0.15) is 17.3 Å². The lowest BCUT2D eigenvalue weighted by Gasteiger charge is -1.93.